The lowest BCUT2D eigenvalue weighted by atomic mass is 10.2. The van der Waals surface area contributed by atoms with Gasteiger partial charge in [0.05, 0.1) is 31.1 Å². The maximum absolute atomic E-state index is 14.6. The van der Waals surface area contributed by atoms with Crippen molar-refractivity contribution >= 4 is 29.8 Å². The third-order valence-corrected chi connectivity index (χ3v) is 4.34. The molecule has 1 saturated heterocycles. The molecule has 12 heteroatoms. The van der Waals surface area contributed by atoms with E-state index in [9.17, 15) is 9.18 Å². The number of cyclic esters (lactones) is 1. The molecular formula is C15H17FN8O3. The van der Waals surface area contributed by atoms with Gasteiger partial charge in [0, 0.05) is 13.6 Å². The molecule has 1 fully saturated rings. The van der Waals surface area contributed by atoms with E-state index in [4.69, 9.17) is 9.84 Å². The smallest absolute Gasteiger partial charge is 0.414 e. The topological polar surface area (TPSA) is 112 Å². The van der Waals surface area contributed by atoms with Crippen molar-refractivity contribution in [2.45, 2.75) is 6.10 Å². The van der Waals surface area contributed by atoms with Crippen LogP contribution in [-0.2, 0) is 11.8 Å². The van der Waals surface area contributed by atoms with Crippen LogP contribution in [0.5, 0.6) is 0 Å². The number of carbonyl (C=O) groups is 1. The van der Waals surface area contributed by atoms with Crippen molar-refractivity contribution in [2.75, 3.05) is 41.0 Å². The van der Waals surface area contributed by atoms with Gasteiger partial charge < -0.3 is 14.7 Å². The quantitative estimate of drug-likeness (QED) is 0.790. The van der Waals surface area contributed by atoms with E-state index in [0.29, 0.717) is 30.4 Å². The van der Waals surface area contributed by atoms with Gasteiger partial charge in [-0.3, -0.25) is 4.90 Å². The Hall–Kier alpha value is -3.28. The molecule has 2 aliphatic rings. The molecule has 2 aromatic rings. The summed E-state index contributed by atoms with van der Waals surface area (Å²) in [5, 5.41) is 26.2. The number of hydrazone groups is 1. The summed E-state index contributed by atoms with van der Waals surface area (Å²) in [6.45, 7) is 0.859. The van der Waals surface area contributed by atoms with Crippen LogP contribution < -0.4 is 14.8 Å². The third kappa shape index (κ3) is 3.14. The first-order valence-corrected chi connectivity index (χ1v) is 8.26. The summed E-state index contributed by atoms with van der Waals surface area (Å²) in [4.78, 5) is 14.8. The van der Waals surface area contributed by atoms with Gasteiger partial charge in [0.1, 0.15) is 18.3 Å². The molecule has 0 saturated carbocycles. The summed E-state index contributed by atoms with van der Waals surface area (Å²) >= 11 is 0. The number of tetrazole rings is 1. The first-order chi connectivity index (χ1) is 13.1. The zero-order valence-electron chi connectivity index (χ0n) is 14.4. The summed E-state index contributed by atoms with van der Waals surface area (Å²) in [6, 6.07) is 4.48. The van der Waals surface area contributed by atoms with Crippen molar-refractivity contribution in [3.63, 3.8) is 0 Å². The van der Waals surface area contributed by atoms with Crippen molar-refractivity contribution in [1.29, 1.82) is 0 Å². The lowest BCUT2D eigenvalue weighted by Gasteiger charge is -2.29. The first kappa shape index (κ1) is 17.1. The molecule has 3 heterocycles. The van der Waals surface area contributed by atoms with E-state index >= 15 is 0 Å². The fraction of sp³-hybridized carbons (Fsp3) is 0.400. The van der Waals surface area contributed by atoms with Gasteiger partial charge in [-0.15, -0.1) is 0 Å². The fourth-order valence-electron chi connectivity index (χ4n) is 2.94. The average molecular weight is 376 g/mol. The molecular weight excluding hydrogens is 359 g/mol. The van der Waals surface area contributed by atoms with Crippen LogP contribution in [0.4, 0.5) is 26.5 Å². The molecule has 27 heavy (non-hydrogen) atoms. The van der Waals surface area contributed by atoms with Crippen LogP contribution in [0.3, 0.4) is 0 Å². The van der Waals surface area contributed by atoms with Crippen molar-refractivity contribution in [2.24, 2.45) is 12.1 Å². The Morgan fingerprint density at radius 3 is 2.81 bits per heavy atom. The van der Waals surface area contributed by atoms with Crippen LogP contribution in [0.25, 0.3) is 0 Å². The van der Waals surface area contributed by atoms with Gasteiger partial charge in [-0.25, -0.2) is 18.9 Å². The lowest BCUT2D eigenvalue weighted by molar-refractivity contribution is 0.0963. The van der Waals surface area contributed by atoms with Gasteiger partial charge in [-0.05, 0) is 28.6 Å². The second-order valence-electron chi connectivity index (χ2n) is 6.08. The number of nitrogens with zero attached hydrogens (tertiary/aromatic N) is 8. The minimum atomic E-state index is -0.603. The highest BCUT2D eigenvalue weighted by Gasteiger charge is 2.32. The Labute approximate surface area is 153 Å². The van der Waals surface area contributed by atoms with Gasteiger partial charge in [0.25, 0.3) is 5.95 Å². The number of aliphatic hydroxyl groups is 1. The number of aryl methyl sites for hydroxylation is 1. The summed E-state index contributed by atoms with van der Waals surface area (Å²) < 4.78 is 21.1. The summed E-state index contributed by atoms with van der Waals surface area (Å²) in [5.41, 5.74) is 0.711. The van der Waals surface area contributed by atoms with Crippen molar-refractivity contribution in [3.05, 3.63) is 24.0 Å². The van der Waals surface area contributed by atoms with Crippen LogP contribution in [0.2, 0.25) is 0 Å². The van der Waals surface area contributed by atoms with Crippen LogP contribution in [0.1, 0.15) is 0 Å². The molecule has 1 N–H and O–H groups in total. The number of benzene rings is 1. The van der Waals surface area contributed by atoms with Gasteiger partial charge in [-0.1, -0.05) is 5.10 Å². The zero-order valence-corrected chi connectivity index (χ0v) is 14.4. The standard InChI is InChI=1S/C15H17FN8O3/c1-21-14(18-19-20-21)24-5-4-22(9-17-24)13-3-2-10(6-12(13)16)23-7-11(8-25)27-15(23)26/h2-3,6,9,11,25H,4-5,7-8H2,1H3/t11-/m1/s1. The summed E-state index contributed by atoms with van der Waals surface area (Å²) in [7, 11) is 1.71. The fourth-order valence-corrected chi connectivity index (χ4v) is 2.94. The molecule has 1 amide bonds. The Morgan fingerprint density at radius 2 is 2.22 bits per heavy atom. The van der Waals surface area contributed by atoms with Crippen molar-refractivity contribution in [3.8, 4) is 0 Å². The molecule has 11 nitrogen and oxygen atoms in total. The number of anilines is 3. The van der Waals surface area contributed by atoms with E-state index in [1.807, 2.05) is 0 Å². The molecule has 0 aliphatic carbocycles. The molecule has 1 aromatic heterocycles. The number of aliphatic hydroxyl groups excluding tert-OH is 1. The summed E-state index contributed by atoms with van der Waals surface area (Å²) in [5.74, 6) is 0.000627. The first-order valence-electron chi connectivity index (χ1n) is 8.26. The maximum atomic E-state index is 14.6. The highest BCUT2D eigenvalue weighted by atomic mass is 19.1. The van der Waals surface area contributed by atoms with Gasteiger partial charge in [0.15, 0.2) is 0 Å². The van der Waals surface area contributed by atoms with Gasteiger partial charge in [0.2, 0.25) is 0 Å². The molecule has 1 atom stereocenters. The van der Waals surface area contributed by atoms with E-state index < -0.39 is 18.0 Å². The Morgan fingerprint density at radius 1 is 1.37 bits per heavy atom. The van der Waals surface area contributed by atoms with E-state index in [-0.39, 0.29) is 13.2 Å². The molecule has 4 rings (SSSR count). The predicted octanol–water partition coefficient (Wildman–Crippen LogP) is -0.0634. The second-order valence-corrected chi connectivity index (χ2v) is 6.08. The van der Waals surface area contributed by atoms with Gasteiger partial charge >= 0.3 is 6.09 Å². The van der Waals surface area contributed by atoms with Crippen molar-refractivity contribution < 1.29 is 19.0 Å². The predicted molar refractivity (Wildman–Crippen MR) is 93.1 cm³/mol. The number of aromatic nitrogens is 4. The van der Waals surface area contributed by atoms with Crippen LogP contribution in [-0.4, -0.2) is 70.1 Å². The van der Waals surface area contributed by atoms with Crippen LogP contribution in [0, 0.1) is 5.82 Å². The molecule has 2 aliphatic heterocycles. The van der Waals surface area contributed by atoms with E-state index in [0.717, 1.165) is 0 Å². The van der Waals surface area contributed by atoms with E-state index in [1.165, 1.54) is 22.0 Å². The largest absolute Gasteiger partial charge is 0.441 e. The highest BCUT2D eigenvalue weighted by molar-refractivity contribution is 5.90. The molecule has 142 valence electrons. The highest BCUT2D eigenvalue weighted by Crippen LogP contribution is 2.28. The maximum Gasteiger partial charge on any atom is 0.414 e. The third-order valence-electron chi connectivity index (χ3n) is 4.34. The average Bonchev–Trinajstić information content (AvgIpc) is 3.27. The SMILES string of the molecule is Cn1nnnc1N1CCN(c2ccc(N3C[C@H](CO)OC3=O)cc2F)C=N1. The van der Waals surface area contributed by atoms with Crippen LogP contribution >= 0.6 is 0 Å². The number of hydrogen-bond donors (Lipinski definition) is 1. The molecule has 0 unspecified atom stereocenters. The number of amides is 1. The number of carbonyl (C=O) groups excluding carboxylic acids is 1. The van der Waals surface area contributed by atoms with Crippen molar-refractivity contribution in [1.82, 2.24) is 20.2 Å². The minimum absolute atomic E-state index is 0.181. The second kappa shape index (κ2) is 6.79. The lowest BCUT2D eigenvalue weighted by Crippen LogP contribution is -2.39. The monoisotopic (exact) mass is 376 g/mol. The summed E-state index contributed by atoms with van der Waals surface area (Å²) in [6.07, 6.45) is 0.298. The molecule has 1 aromatic carbocycles. The number of ether oxygens (including phenoxy) is 1. The zero-order chi connectivity index (χ0) is 19.0. The van der Waals surface area contributed by atoms with Crippen LogP contribution in [0.15, 0.2) is 23.3 Å². The Bertz CT molecular complexity index is 888. The number of rotatable bonds is 4. The molecule has 0 bridgehead atoms. The minimum Gasteiger partial charge on any atom is -0.441 e. The molecule has 0 spiro atoms. The van der Waals surface area contributed by atoms with E-state index in [2.05, 4.69) is 20.6 Å². The number of halogens is 1. The normalized spacial score (nSPS) is 19.7. The Balaban J connectivity index is 1.51. The van der Waals surface area contributed by atoms with E-state index in [1.54, 1.807) is 29.1 Å². The number of hydrogen-bond acceptors (Lipinski definition) is 9. The Kier molecular flexibility index (Phi) is 4.32. The van der Waals surface area contributed by atoms with Gasteiger partial charge in [-0.2, -0.15) is 5.10 Å². The molecule has 0 radical (unpaired) electrons.